The van der Waals surface area contributed by atoms with E-state index in [0.29, 0.717) is 11.8 Å². The van der Waals surface area contributed by atoms with Crippen LogP contribution in [0.3, 0.4) is 0 Å². The van der Waals surface area contributed by atoms with Gasteiger partial charge in [0.15, 0.2) is 5.82 Å². The van der Waals surface area contributed by atoms with Crippen molar-refractivity contribution in [3.8, 4) is 0 Å². The number of hydrogen-bond donors (Lipinski definition) is 0. The van der Waals surface area contributed by atoms with Crippen LogP contribution in [0.2, 0.25) is 0 Å². The van der Waals surface area contributed by atoms with Crippen molar-refractivity contribution in [3.63, 3.8) is 0 Å². The van der Waals surface area contributed by atoms with E-state index in [1.165, 1.54) is 0 Å². The number of benzene rings is 1. The number of hydrogen-bond acceptors (Lipinski definition) is 3. The molecule has 1 atom stereocenters. The molecule has 1 unspecified atom stereocenters. The lowest BCUT2D eigenvalue weighted by atomic mass is 10.1. The van der Waals surface area contributed by atoms with Crippen molar-refractivity contribution in [2.45, 2.75) is 25.6 Å². The van der Waals surface area contributed by atoms with Crippen LogP contribution in [-0.2, 0) is 6.42 Å². The molecular formula is C13H15ClN2O. The smallest absolute Gasteiger partial charge is 0.249 e. The Hall–Kier alpha value is -1.35. The third kappa shape index (κ3) is 3.07. The lowest BCUT2D eigenvalue weighted by molar-refractivity contribution is 0.374. The molecular weight excluding hydrogens is 236 g/mol. The minimum Gasteiger partial charge on any atom is -0.337 e. The molecule has 0 radical (unpaired) electrons. The lowest BCUT2D eigenvalue weighted by Gasteiger charge is -2.03. The van der Waals surface area contributed by atoms with E-state index in [0.717, 1.165) is 17.8 Å². The second-order valence-electron chi connectivity index (χ2n) is 4.42. The molecule has 2 rings (SSSR count). The van der Waals surface area contributed by atoms with Crippen LogP contribution in [0.1, 0.15) is 36.5 Å². The summed E-state index contributed by atoms with van der Waals surface area (Å²) in [6.45, 7) is 4.23. The first kappa shape index (κ1) is 12.1. The lowest BCUT2D eigenvalue weighted by Crippen LogP contribution is -1.97. The van der Waals surface area contributed by atoms with Crippen LogP contribution in [0.4, 0.5) is 0 Å². The summed E-state index contributed by atoms with van der Waals surface area (Å²) in [5.74, 6) is 1.69. The molecule has 1 heterocycles. The van der Waals surface area contributed by atoms with Crippen molar-refractivity contribution in [2.75, 3.05) is 0 Å². The highest BCUT2D eigenvalue weighted by Gasteiger charge is 2.18. The van der Waals surface area contributed by atoms with E-state index in [1.54, 1.807) is 0 Å². The molecule has 4 heteroatoms. The fourth-order valence-corrected chi connectivity index (χ4v) is 1.82. The Kier molecular flexibility index (Phi) is 3.79. The zero-order valence-electron chi connectivity index (χ0n) is 9.93. The van der Waals surface area contributed by atoms with Crippen molar-refractivity contribution in [3.05, 3.63) is 47.6 Å². The highest BCUT2D eigenvalue weighted by molar-refractivity contribution is 6.22. The summed E-state index contributed by atoms with van der Waals surface area (Å²) >= 11 is 6.29. The van der Waals surface area contributed by atoms with E-state index in [1.807, 2.05) is 30.3 Å². The molecule has 0 aliphatic carbocycles. The van der Waals surface area contributed by atoms with Gasteiger partial charge in [0.2, 0.25) is 5.89 Å². The highest BCUT2D eigenvalue weighted by Crippen LogP contribution is 2.27. The van der Waals surface area contributed by atoms with Crippen molar-refractivity contribution in [1.29, 1.82) is 0 Å². The van der Waals surface area contributed by atoms with Crippen molar-refractivity contribution >= 4 is 11.6 Å². The fourth-order valence-electron chi connectivity index (χ4n) is 1.58. The second kappa shape index (κ2) is 5.32. The zero-order valence-corrected chi connectivity index (χ0v) is 10.7. The predicted molar refractivity (Wildman–Crippen MR) is 67.0 cm³/mol. The quantitative estimate of drug-likeness (QED) is 0.779. The minimum absolute atomic E-state index is 0.371. The SMILES string of the molecule is CC(C)Cc1noc(C(Cl)c2ccccc2)n1. The molecule has 0 aliphatic rings. The highest BCUT2D eigenvalue weighted by atomic mass is 35.5. The fraction of sp³-hybridized carbons (Fsp3) is 0.385. The zero-order chi connectivity index (χ0) is 12.3. The maximum Gasteiger partial charge on any atom is 0.249 e. The Labute approximate surface area is 106 Å². The van der Waals surface area contributed by atoms with Gasteiger partial charge in [0.05, 0.1) is 0 Å². The van der Waals surface area contributed by atoms with E-state index in [4.69, 9.17) is 16.1 Å². The van der Waals surface area contributed by atoms with Gasteiger partial charge in [-0.3, -0.25) is 0 Å². The van der Waals surface area contributed by atoms with Gasteiger partial charge in [0.1, 0.15) is 5.38 Å². The molecule has 0 spiro atoms. The van der Waals surface area contributed by atoms with Gasteiger partial charge in [-0.05, 0) is 11.5 Å². The number of halogens is 1. The molecule has 0 fully saturated rings. The summed E-state index contributed by atoms with van der Waals surface area (Å²) < 4.78 is 5.19. The van der Waals surface area contributed by atoms with Gasteiger partial charge < -0.3 is 4.52 Å². The van der Waals surface area contributed by atoms with Gasteiger partial charge in [-0.2, -0.15) is 4.98 Å². The number of alkyl halides is 1. The molecule has 2 aromatic rings. The summed E-state index contributed by atoms with van der Waals surface area (Å²) in [6, 6.07) is 9.73. The second-order valence-corrected chi connectivity index (χ2v) is 4.86. The summed E-state index contributed by atoms with van der Waals surface area (Å²) in [7, 11) is 0. The van der Waals surface area contributed by atoms with Crippen LogP contribution in [0.25, 0.3) is 0 Å². The molecule has 1 aromatic heterocycles. The van der Waals surface area contributed by atoms with E-state index < -0.39 is 0 Å². The van der Waals surface area contributed by atoms with Crippen molar-refractivity contribution in [2.24, 2.45) is 5.92 Å². The van der Waals surface area contributed by atoms with Crippen LogP contribution >= 0.6 is 11.6 Å². The maximum absolute atomic E-state index is 6.29. The Morgan fingerprint density at radius 3 is 2.59 bits per heavy atom. The summed E-state index contributed by atoms with van der Waals surface area (Å²) in [4.78, 5) is 4.32. The Balaban J connectivity index is 2.15. The van der Waals surface area contributed by atoms with Crippen LogP contribution in [0.15, 0.2) is 34.9 Å². The average molecular weight is 251 g/mol. The molecule has 90 valence electrons. The van der Waals surface area contributed by atoms with Gasteiger partial charge in [0, 0.05) is 6.42 Å². The standard InChI is InChI=1S/C13H15ClN2O/c1-9(2)8-11-15-13(17-16-11)12(14)10-6-4-3-5-7-10/h3-7,9,12H,8H2,1-2H3. The van der Waals surface area contributed by atoms with Gasteiger partial charge >= 0.3 is 0 Å². The minimum atomic E-state index is -0.371. The molecule has 0 saturated carbocycles. The average Bonchev–Trinajstić information content (AvgIpc) is 2.77. The third-order valence-corrected chi connectivity index (χ3v) is 2.82. The first-order valence-corrected chi connectivity index (χ1v) is 6.12. The molecule has 0 bridgehead atoms. The number of nitrogens with zero attached hydrogens (tertiary/aromatic N) is 2. The van der Waals surface area contributed by atoms with Crippen molar-refractivity contribution in [1.82, 2.24) is 10.1 Å². The van der Waals surface area contributed by atoms with Crippen LogP contribution in [-0.4, -0.2) is 10.1 Å². The molecule has 1 aromatic carbocycles. The Morgan fingerprint density at radius 1 is 1.24 bits per heavy atom. The summed E-state index contributed by atoms with van der Waals surface area (Å²) in [5, 5.41) is 3.56. The van der Waals surface area contributed by atoms with E-state index in [2.05, 4.69) is 24.0 Å². The first-order valence-electron chi connectivity index (χ1n) is 5.68. The van der Waals surface area contributed by atoms with Crippen molar-refractivity contribution < 1.29 is 4.52 Å². The number of aromatic nitrogens is 2. The van der Waals surface area contributed by atoms with E-state index >= 15 is 0 Å². The molecule has 17 heavy (non-hydrogen) atoms. The van der Waals surface area contributed by atoms with Crippen LogP contribution in [0, 0.1) is 5.92 Å². The summed E-state index contributed by atoms with van der Waals surface area (Å²) in [6.07, 6.45) is 0.807. The van der Waals surface area contributed by atoms with E-state index in [-0.39, 0.29) is 5.38 Å². The predicted octanol–water partition coefficient (Wildman–Crippen LogP) is 3.60. The molecule has 0 aliphatic heterocycles. The molecule has 0 N–H and O–H groups in total. The monoisotopic (exact) mass is 250 g/mol. The van der Waals surface area contributed by atoms with E-state index in [9.17, 15) is 0 Å². The van der Waals surface area contributed by atoms with Gasteiger partial charge in [0.25, 0.3) is 0 Å². The van der Waals surface area contributed by atoms with Gasteiger partial charge in [-0.1, -0.05) is 49.3 Å². The van der Waals surface area contributed by atoms with Crippen LogP contribution in [0.5, 0.6) is 0 Å². The van der Waals surface area contributed by atoms with Gasteiger partial charge in [-0.15, -0.1) is 11.6 Å². The molecule has 0 amide bonds. The third-order valence-electron chi connectivity index (χ3n) is 2.38. The number of rotatable bonds is 4. The molecule has 0 saturated heterocycles. The maximum atomic E-state index is 6.29. The largest absolute Gasteiger partial charge is 0.337 e. The first-order chi connectivity index (χ1) is 8.16. The Bertz CT molecular complexity index is 467. The van der Waals surface area contributed by atoms with Gasteiger partial charge in [-0.25, -0.2) is 0 Å². The summed E-state index contributed by atoms with van der Waals surface area (Å²) in [5.41, 5.74) is 0.967. The molecule has 3 nitrogen and oxygen atoms in total. The topological polar surface area (TPSA) is 38.9 Å². The normalized spacial score (nSPS) is 12.9. The Morgan fingerprint density at radius 2 is 1.94 bits per heavy atom. The van der Waals surface area contributed by atoms with Crippen LogP contribution < -0.4 is 0 Å².